The maximum atomic E-state index is 12.8. The van der Waals surface area contributed by atoms with Crippen LogP contribution in [-0.4, -0.2) is 48.4 Å². The fourth-order valence-electron chi connectivity index (χ4n) is 3.57. The van der Waals surface area contributed by atoms with Crippen LogP contribution in [0.4, 0.5) is 0 Å². The number of benzene rings is 1. The van der Waals surface area contributed by atoms with Gasteiger partial charge in [0.15, 0.2) is 0 Å². The number of likely N-dealkylation sites (tertiary alicyclic amines) is 1. The Morgan fingerprint density at radius 3 is 2.88 bits per heavy atom. The zero-order valence-corrected chi connectivity index (χ0v) is 14.8. The second-order valence-electron chi connectivity index (χ2n) is 6.59. The first-order chi connectivity index (χ1) is 12.8. The van der Waals surface area contributed by atoms with Gasteiger partial charge >= 0.3 is 0 Å². The van der Waals surface area contributed by atoms with E-state index in [0.717, 1.165) is 37.4 Å². The Bertz CT molecular complexity index is 884. The van der Waals surface area contributed by atoms with Crippen LogP contribution >= 0.6 is 0 Å². The van der Waals surface area contributed by atoms with E-state index in [0.29, 0.717) is 18.2 Å². The Labute approximate surface area is 152 Å². The summed E-state index contributed by atoms with van der Waals surface area (Å²) in [6.45, 7) is 4.21. The number of hydrogen-bond donors (Lipinski definition) is 0. The molecule has 1 fully saturated rings. The van der Waals surface area contributed by atoms with Crippen LogP contribution in [0, 0.1) is 5.92 Å². The number of amides is 1. The number of nitrogens with zero attached hydrogens (tertiary/aromatic N) is 6. The summed E-state index contributed by atoms with van der Waals surface area (Å²) in [4.78, 5) is 14.7. The lowest BCUT2D eigenvalue weighted by Gasteiger charge is -2.17. The predicted octanol–water partition coefficient (Wildman–Crippen LogP) is 2.19. The van der Waals surface area contributed by atoms with E-state index in [2.05, 4.69) is 15.3 Å². The molecule has 0 spiro atoms. The first-order valence-electron chi connectivity index (χ1n) is 9.01. The van der Waals surface area contributed by atoms with E-state index >= 15 is 0 Å². The van der Waals surface area contributed by atoms with Crippen LogP contribution in [0.5, 0.6) is 0 Å². The topological polar surface area (TPSA) is 68.8 Å². The molecule has 2 aromatic heterocycles. The number of para-hydroxylation sites is 1. The lowest BCUT2D eigenvalue weighted by molar-refractivity contribution is 0.0774. The van der Waals surface area contributed by atoms with Crippen molar-refractivity contribution in [3.63, 3.8) is 0 Å². The van der Waals surface area contributed by atoms with Crippen molar-refractivity contribution < 1.29 is 4.79 Å². The number of aromatic nitrogens is 5. The molecule has 0 aliphatic carbocycles. The zero-order chi connectivity index (χ0) is 17.9. The minimum atomic E-state index is 0.0661. The second-order valence-corrected chi connectivity index (χ2v) is 6.59. The zero-order valence-electron chi connectivity index (χ0n) is 14.8. The van der Waals surface area contributed by atoms with Crippen LogP contribution in [0.3, 0.4) is 0 Å². The molecule has 3 aromatic rings. The van der Waals surface area contributed by atoms with E-state index in [1.54, 1.807) is 23.3 Å². The summed E-state index contributed by atoms with van der Waals surface area (Å²) in [6.07, 6.45) is 5.23. The van der Waals surface area contributed by atoms with Gasteiger partial charge in [-0.05, 0) is 37.5 Å². The van der Waals surface area contributed by atoms with Crippen LogP contribution in [0.15, 0.2) is 48.9 Å². The van der Waals surface area contributed by atoms with E-state index < -0.39 is 0 Å². The van der Waals surface area contributed by atoms with Gasteiger partial charge in [-0.25, -0.2) is 0 Å². The van der Waals surface area contributed by atoms with Crippen molar-refractivity contribution >= 4 is 5.91 Å². The molecule has 7 heteroatoms. The van der Waals surface area contributed by atoms with Gasteiger partial charge < -0.3 is 4.90 Å². The average Bonchev–Trinajstić information content (AvgIpc) is 3.42. The molecule has 26 heavy (non-hydrogen) atoms. The molecule has 1 atom stereocenters. The summed E-state index contributed by atoms with van der Waals surface area (Å²) in [7, 11) is 0. The second kappa shape index (κ2) is 7.11. The van der Waals surface area contributed by atoms with Crippen LogP contribution in [-0.2, 0) is 13.0 Å². The Morgan fingerprint density at radius 1 is 1.23 bits per heavy atom. The van der Waals surface area contributed by atoms with Gasteiger partial charge in [0, 0.05) is 37.9 Å². The van der Waals surface area contributed by atoms with Crippen molar-refractivity contribution in [2.24, 2.45) is 5.92 Å². The minimum Gasteiger partial charge on any atom is -0.337 e. The lowest BCUT2D eigenvalue weighted by atomic mass is 10.0. The van der Waals surface area contributed by atoms with E-state index in [9.17, 15) is 4.79 Å². The van der Waals surface area contributed by atoms with E-state index in [-0.39, 0.29) is 5.91 Å². The first-order valence-corrected chi connectivity index (χ1v) is 9.01. The van der Waals surface area contributed by atoms with Crippen LogP contribution < -0.4 is 0 Å². The predicted molar refractivity (Wildman–Crippen MR) is 97.0 cm³/mol. The SMILES string of the molecule is CCn1nccc1C(=O)N1CCC(Cc2nncn2-c2ccccc2)C1. The molecule has 1 amide bonds. The molecule has 1 aliphatic rings. The molecule has 1 saturated heterocycles. The monoisotopic (exact) mass is 350 g/mol. The number of carbonyl (C=O) groups excluding carboxylic acids is 1. The summed E-state index contributed by atoms with van der Waals surface area (Å²) >= 11 is 0. The molecule has 1 aromatic carbocycles. The van der Waals surface area contributed by atoms with Crippen LogP contribution in [0.1, 0.15) is 29.7 Å². The molecular formula is C19H22N6O. The average molecular weight is 350 g/mol. The number of rotatable bonds is 5. The smallest absolute Gasteiger partial charge is 0.272 e. The lowest BCUT2D eigenvalue weighted by Crippen LogP contribution is -2.31. The van der Waals surface area contributed by atoms with Crippen molar-refractivity contribution in [1.82, 2.24) is 29.4 Å². The third-order valence-electron chi connectivity index (χ3n) is 4.93. The highest BCUT2D eigenvalue weighted by atomic mass is 16.2. The van der Waals surface area contributed by atoms with Crippen LogP contribution in [0.25, 0.3) is 5.69 Å². The highest BCUT2D eigenvalue weighted by Crippen LogP contribution is 2.23. The highest BCUT2D eigenvalue weighted by Gasteiger charge is 2.29. The molecule has 0 radical (unpaired) electrons. The molecular weight excluding hydrogens is 328 g/mol. The highest BCUT2D eigenvalue weighted by molar-refractivity contribution is 5.92. The summed E-state index contributed by atoms with van der Waals surface area (Å²) in [6, 6.07) is 11.9. The van der Waals surface area contributed by atoms with Crippen molar-refractivity contribution in [2.75, 3.05) is 13.1 Å². The molecule has 0 saturated carbocycles. The number of aryl methyl sites for hydroxylation is 1. The Hall–Kier alpha value is -2.96. The van der Waals surface area contributed by atoms with Gasteiger partial charge in [-0.2, -0.15) is 5.10 Å². The molecule has 134 valence electrons. The largest absolute Gasteiger partial charge is 0.337 e. The molecule has 1 unspecified atom stereocenters. The summed E-state index contributed by atoms with van der Waals surface area (Å²) in [5.41, 5.74) is 1.73. The Balaban J connectivity index is 1.44. The summed E-state index contributed by atoms with van der Waals surface area (Å²) in [5, 5.41) is 12.6. The quantitative estimate of drug-likeness (QED) is 0.707. The maximum absolute atomic E-state index is 12.8. The van der Waals surface area contributed by atoms with Gasteiger partial charge in [0.1, 0.15) is 17.8 Å². The van der Waals surface area contributed by atoms with Crippen molar-refractivity contribution in [3.05, 3.63) is 60.4 Å². The van der Waals surface area contributed by atoms with Gasteiger partial charge in [0.05, 0.1) is 0 Å². The Kier molecular flexibility index (Phi) is 4.51. The normalized spacial score (nSPS) is 17.0. The minimum absolute atomic E-state index is 0.0661. The van der Waals surface area contributed by atoms with Gasteiger partial charge in [0.2, 0.25) is 0 Å². The fraction of sp³-hybridized carbons (Fsp3) is 0.368. The molecule has 4 rings (SSSR count). The number of hydrogen-bond acceptors (Lipinski definition) is 4. The maximum Gasteiger partial charge on any atom is 0.272 e. The van der Waals surface area contributed by atoms with Gasteiger partial charge in [0.25, 0.3) is 5.91 Å². The van der Waals surface area contributed by atoms with Crippen molar-refractivity contribution in [3.8, 4) is 5.69 Å². The molecule has 7 nitrogen and oxygen atoms in total. The Morgan fingerprint density at radius 2 is 2.08 bits per heavy atom. The fourth-order valence-corrected chi connectivity index (χ4v) is 3.57. The summed E-state index contributed by atoms with van der Waals surface area (Å²) < 4.78 is 3.78. The van der Waals surface area contributed by atoms with Crippen LogP contribution in [0.2, 0.25) is 0 Å². The van der Waals surface area contributed by atoms with Crippen molar-refractivity contribution in [1.29, 1.82) is 0 Å². The van der Waals surface area contributed by atoms with Gasteiger partial charge in [-0.15, -0.1) is 10.2 Å². The molecule has 0 N–H and O–H groups in total. The number of carbonyl (C=O) groups is 1. The van der Waals surface area contributed by atoms with Gasteiger partial charge in [-0.1, -0.05) is 18.2 Å². The van der Waals surface area contributed by atoms with Gasteiger partial charge in [-0.3, -0.25) is 14.0 Å². The van der Waals surface area contributed by atoms with E-state index in [1.807, 2.05) is 46.7 Å². The van der Waals surface area contributed by atoms with Crippen molar-refractivity contribution in [2.45, 2.75) is 26.3 Å². The van der Waals surface area contributed by atoms with E-state index in [1.165, 1.54) is 0 Å². The third kappa shape index (κ3) is 3.12. The molecule has 3 heterocycles. The first kappa shape index (κ1) is 16.5. The molecule has 1 aliphatic heterocycles. The van der Waals surface area contributed by atoms with E-state index in [4.69, 9.17) is 0 Å². The summed E-state index contributed by atoms with van der Waals surface area (Å²) in [5.74, 6) is 1.40. The standard InChI is InChI=1S/C19H22N6O/c1-2-25-17(8-10-21-25)19(26)23-11-9-15(13-23)12-18-22-20-14-24(18)16-6-4-3-5-7-16/h3-8,10,14-15H,2,9,11-13H2,1H3. The molecule has 0 bridgehead atoms. The third-order valence-corrected chi connectivity index (χ3v) is 4.93.